The highest BCUT2D eigenvalue weighted by Gasteiger charge is 2.36. The van der Waals surface area contributed by atoms with Gasteiger partial charge in [0, 0.05) is 23.4 Å². The molecule has 12 heavy (non-hydrogen) atoms. The molecule has 1 aliphatic rings. The molecule has 0 bridgehead atoms. The Morgan fingerprint density at radius 1 is 1.42 bits per heavy atom. The number of nitrogens with zero attached hydrogens (tertiary/aromatic N) is 2. The number of hydrogen-bond donors (Lipinski definition) is 0. The van der Waals surface area contributed by atoms with E-state index in [9.17, 15) is 0 Å². The van der Waals surface area contributed by atoms with E-state index < -0.39 is 0 Å². The number of aromatic nitrogens is 2. The van der Waals surface area contributed by atoms with Crippen LogP contribution in [0.25, 0.3) is 4.96 Å². The van der Waals surface area contributed by atoms with Crippen LogP contribution in [0.15, 0.2) is 11.6 Å². The van der Waals surface area contributed by atoms with E-state index in [1.165, 1.54) is 11.4 Å². The Kier molecular flexibility index (Phi) is 1.06. The van der Waals surface area contributed by atoms with Crippen LogP contribution in [-0.4, -0.2) is 9.38 Å². The molecule has 3 heteroatoms. The Morgan fingerprint density at radius 3 is 3.08 bits per heavy atom. The lowest BCUT2D eigenvalue weighted by molar-refractivity contribution is 0.511. The van der Waals surface area contributed by atoms with E-state index >= 15 is 0 Å². The molecule has 2 nitrogen and oxygen atoms in total. The summed E-state index contributed by atoms with van der Waals surface area (Å²) in [7, 11) is 0. The van der Waals surface area contributed by atoms with Crippen molar-refractivity contribution in [3.05, 3.63) is 23.0 Å². The fourth-order valence-corrected chi connectivity index (χ4v) is 2.71. The molecular formula is C9H10N2S. The van der Waals surface area contributed by atoms with Crippen LogP contribution >= 0.6 is 11.3 Å². The Labute approximate surface area is 74.9 Å². The second-order valence-corrected chi connectivity index (χ2v) is 4.39. The highest BCUT2D eigenvalue weighted by atomic mass is 32.1. The van der Waals surface area contributed by atoms with Crippen molar-refractivity contribution in [1.29, 1.82) is 0 Å². The summed E-state index contributed by atoms with van der Waals surface area (Å²) in [6.07, 6.45) is 2.12. The smallest absolute Gasteiger partial charge is 0.194 e. The summed E-state index contributed by atoms with van der Waals surface area (Å²) < 4.78 is 2.23. The van der Waals surface area contributed by atoms with Crippen molar-refractivity contribution in [2.75, 3.05) is 0 Å². The van der Waals surface area contributed by atoms with Gasteiger partial charge in [0.25, 0.3) is 0 Å². The Morgan fingerprint density at radius 2 is 2.25 bits per heavy atom. The van der Waals surface area contributed by atoms with Crippen molar-refractivity contribution in [3.8, 4) is 0 Å². The second kappa shape index (κ2) is 1.91. The van der Waals surface area contributed by atoms with Gasteiger partial charge in [-0.3, -0.25) is 4.40 Å². The third-order valence-electron chi connectivity index (χ3n) is 2.94. The summed E-state index contributed by atoms with van der Waals surface area (Å²) >= 11 is 1.72. The molecule has 0 N–H and O–H groups in total. The highest BCUT2D eigenvalue weighted by molar-refractivity contribution is 7.15. The van der Waals surface area contributed by atoms with E-state index in [2.05, 4.69) is 34.8 Å². The van der Waals surface area contributed by atoms with Gasteiger partial charge in [0.15, 0.2) is 4.96 Å². The van der Waals surface area contributed by atoms with Gasteiger partial charge in [-0.15, -0.1) is 11.3 Å². The minimum absolute atomic E-state index is 0.659. The van der Waals surface area contributed by atoms with Crippen LogP contribution in [-0.2, 0) is 0 Å². The van der Waals surface area contributed by atoms with Crippen LogP contribution in [0.1, 0.15) is 37.1 Å². The quantitative estimate of drug-likeness (QED) is 0.606. The molecule has 2 unspecified atom stereocenters. The predicted octanol–water partition coefficient (Wildman–Crippen LogP) is 2.62. The third kappa shape index (κ3) is 0.556. The van der Waals surface area contributed by atoms with Gasteiger partial charge in [0.1, 0.15) is 0 Å². The largest absolute Gasteiger partial charge is 0.294 e. The van der Waals surface area contributed by atoms with Gasteiger partial charge in [0.2, 0.25) is 0 Å². The van der Waals surface area contributed by atoms with Crippen LogP contribution in [0.5, 0.6) is 0 Å². The van der Waals surface area contributed by atoms with Crippen molar-refractivity contribution in [2.24, 2.45) is 0 Å². The van der Waals surface area contributed by atoms with Crippen molar-refractivity contribution >= 4 is 16.3 Å². The number of hydrogen-bond acceptors (Lipinski definition) is 2. The van der Waals surface area contributed by atoms with Crippen molar-refractivity contribution < 1.29 is 0 Å². The van der Waals surface area contributed by atoms with Crippen LogP contribution in [0.3, 0.4) is 0 Å². The topological polar surface area (TPSA) is 17.3 Å². The zero-order chi connectivity index (χ0) is 8.29. The first-order chi connectivity index (χ1) is 5.79. The monoisotopic (exact) mass is 178 g/mol. The average molecular weight is 178 g/mol. The fraction of sp³-hybridized carbons (Fsp3) is 0.444. The molecule has 0 aliphatic heterocycles. The second-order valence-electron chi connectivity index (χ2n) is 3.52. The number of imidazole rings is 1. The molecule has 2 aromatic rings. The molecule has 0 amide bonds. The van der Waals surface area contributed by atoms with Crippen LogP contribution in [0.4, 0.5) is 0 Å². The van der Waals surface area contributed by atoms with Crippen LogP contribution in [0.2, 0.25) is 0 Å². The molecule has 2 atom stereocenters. The molecule has 0 spiro atoms. The summed E-state index contributed by atoms with van der Waals surface area (Å²) in [5, 5.41) is 2.10. The SMILES string of the molecule is CC1c2nc3sccn3c2C1C. The lowest BCUT2D eigenvalue weighted by Crippen LogP contribution is -2.20. The molecule has 0 saturated carbocycles. The summed E-state index contributed by atoms with van der Waals surface area (Å²) in [6.45, 7) is 4.53. The van der Waals surface area contributed by atoms with Crippen LogP contribution in [0, 0.1) is 0 Å². The molecule has 0 fully saturated rings. The van der Waals surface area contributed by atoms with Gasteiger partial charge in [0.05, 0.1) is 11.4 Å². The normalized spacial score (nSPS) is 27.2. The molecule has 0 radical (unpaired) electrons. The first kappa shape index (κ1) is 6.66. The average Bonchev–Trinajstić information content (AvgIpc) is 2.59. The lowest BCUT2D eigenvalue weighted by Gasteiger charge is -2.29. The van der Waals surface area contributed by atoms with Gasteiger partial charge in [-0.1, -0.05) is 13.8 Å². The van der Waals surface area contributed by atoms with Gasteiger partial charge < -0.3 is 0 Å². The van der Waals surface area contributed by atoms with Crippen molar-refractivity contribution in [3.63, 3.8) is 0 Å². The Balaban J connectivity index is 2.39. The van der Waals surface area contributed by atoms with Gasteiger partial charge in [-0.05, 0) is 0 Å². The van der Waals surface area contributed by atoms with E-state index in [4.69, 9.17) is 0 Å². The van der Waals surface area contributed by atoms with E-state index in [-0.39, 0.29) is 0 Å². The molecular weight excluding hydrogens is 168 g/mol. The third-order valence-corrected chi connectivity index (χ3v) is 3.70. The standard InChI is InChI=1S/C9H10N2S/c1-5-6(2)8-7(5)10-9-11(8)3-4-12-9/h3-6H,1-2H3. The first-order valence-electron chi connectivity index (χ1n) is 4.24. The lowest BCUT2D eigenvalue weighted by atomic mass is 9.77. The maximum atomic E-state index is 4.57. The summed E-state index contributed by atoms with van der Waals surface area (Å²) in [4.78, 5) is 5.72. The number of thiazole rings is 1. The molecule has 0 aromatic carbocycles. The molecule has 2 heterocycles. The molecule has 62 valence electrons. The molecule has 2 aromatic heterocycles. The van der Waals surface area contributed by atoms with Gasteiger partial charge in [-0.25, -0.2) is 4.98 Å². The highest BCUT2D eigenvalue weighted by Crippen LogP contribution is 2.46. The molecule has 1 aliphatic carbocycles. The van der Waals surface area contributed by atoms with Gasteiger partial charge >= 0.3 is 0 Å². The maximum Gasteiger partial charge on any atom is 0.194 e. The van der Waals surface area contributed by atoms with E-state index in [1.807, 2.05) is 0 Å². The van der Waals surface area contributed by atoms with Gasteiger partial charge in [-0.2, -0.15) is 0 Å². The van der Waals surface area contributed by atoms with Crippen molar-refractivity contribution in [2.45, 2.75) is 25.7 Å². The predicted molar refractivity (Wildman–Crippen MR) is 49.9 cm³/mol. The maximum absolute atomic E-state index is 4.57. The zero-order valence-electron chi connectivity index (χ0n) is 7.11. The Bertz CT molecular complexity index is 440. The minimum atomic E-state index is 0.659. The van der Waals surface area contributed by atoms with Crippen LogP contribution < -0.4 is 0 Å². The Hall–Kier alpha value is -0.830. The summed E-state index contributed by atoms with van der Waals surface area (Å²) in [5.41, 5.74) is 2.74. The minimum Gasteiger partial charge on any atom is -0.294 e. The molecule has 0 saturated heterocycles. The van der Waals surface area contributed by atoms with E-state index in [1.54, 1.807) is 11.3 Å². The van der Waals surface area contributed by atoms with E-state index in [0.29, 0.717) is 11.8 Å². The molecule has 3 rings (SSSR count). The fourth-order valence-electron chi connectivity index (χ4n) is 1.99. The summed E-state index contributed by atoms with van der Waals surface area (Å²) in [6, 6.07) is 0. The first-order valence-corrected chi connectivity index (χ1v) is 5.12. The van der Waals surface area contributed by atoms with Crippen molar-refractivity contribution in [1.82, 2.24) is 9.38 Å². The van der Waals surface area contributed by atoms with E-state index in [0.717, 1.165) is 4.96 Å². The number of rotatable bonds is 0. The summed E-state index contributed by atoms with van der Waals surface area (Å²) in [5.74, 6) is 1.34. The number of fused-ring (bicyclic) bond motifs is 3. The zero-order valence-corrected chi connectivity index (χ0v) is 7.93.